The van der Waals surface area contributed by atoms with Crippen molar-refractivity contribution in [2.75, 3.05) is 5.32 Å². The summed E-state index contributed by atoms with van der Waals surface area (Å²) >= 11 is 6.17. The maximum Gasteiger partial charge on any atom is 0.258 e. The van der Waals surface area contributed by atoms with E-state index in [4.69, 9.17) is 21.2 Å². The summed E-state index contributed by atoms with van der Waals surface area (Å²) in [5.41, 5.74) is 2.62. The van der Waals surface area contributed by atoms with Gasteiger partial charge >= 0.3 is 0 Å². The van der Waals surface area contributed by atoms with Crippen molar-refractivity contribution >= 4 is 34.4 Å². The molecule has 0 aliphatic rings. The van der Waals surface area contributed by atoms with Crippen molar-refractivity contribution < 1.29 is 9.42 Å². The molecular formula is C24H26ClN5O2. The van der Waals surface area contributed by atoms with E-state index in [1.807, 2.05) is 24.3 Å². The van der Waals surface area contributed by atoms with Gasteiger partial charge in [0.15, 0.2) is 11.5 Å². The quantitative estimate of drug-likeness (QED) is 0.327. The van der Waals surface area contributed by atoms with Gasteiger partial charge in [-0.25, -0.2) is 9.61 Å². The molecule has 8 heteroatoms. The van der Waals surface area contributed by atoms with Crippen LogP contribution in [0.1, 0.15) is 49.9 Å². The van der Waals surface area contributed by atoms with Crippen molar-refractivity contribution in [3.8, 4) is 11.5 Å². The average molecular weight is 452 g/mol. The van der Waals surface area contributed by atoms with E-state index in [1.54, 1.807) is 24.3 Å². The van der Waals surface area contributed by atoms with Gasteiger partial charge in [-0.05, 0) is 46.9 Å². The fourth-order valence-corrected chi connectivity index (χ4v) is 4.08. The molecule has 2 aromatic carbocycles. The van der Waals surface area contributed by atoms with Crippen molar-refractivity contribution in [3.63, 3.8) is 0 Å². The number of anilines is 1. The van der Waals surface area contributed by atoms with Crippen LogP contribution in [-0.4, -0.2) is 25.8 Å². The van der Waals surface area contributed by atoms with Gasteiger partial charge in [0.2, 0.25) is 5.82 Å². The van der Waals surface area contributed by atoms with Gasteiger partial charge in [-0.2, -0.15) is 0 Å². The molecular weight excluding hydrogens is 426 g/mol. The summed E-state index contributed by atoms with van der Waals surface area (Å²) in [6.07, 6.45) is 4.57. The first kappa shape index (κ1) is 22.0. The van der Waals surface area contributed by atoms with E-state index in [0.717, 1.165) is 30.4 Å². The molecule has 4 aromatic rings. The molecule has 0 saturated heterocycles. The van der Waals surface area contributed by atoms with E-state index < -0.39 is 0 Å². The second kappa shape index (κ2) is 9.96. The number of hydrogen-bond acceptors (Lipinski definition) is 5. The first-order chi connectivity index (χ1) is 15.6. The molecule has 32 heavy (non-hydrogen) atoms. The summed E-state index contributed by atoms with van der Waals surface area (Å²) in [7, 11) is 0. The van der Waals surface area contributed by atoms with E-state index in [-0.39, 0.29) is 11.7 Å². The molecule has 0 aliphatic carbocycles. The van der Waals surface area contributed by atoms with Gasteiger partial charge < -0.3 is 9.88 Å². The zero-order valence-corrected chi connectivity index (χ0v) is 19.0. The predicted molar refractivity (Wildman–Crippen MR) is 126 cm³/mol. The molecule has 2 aromatic heterocycles. The van der Waals surface area contributed by atoms with E-state index in [9.17, 15) is 4.79 Å². The molecule has 1 amide bonds. The Morgan fingerprint density at radius 3 is 2.69 bits per heavy atom. The Balaban J connectivity index is 1.71. The van der Waals surface area contributed by atoms with Crippen molar-refractivity contribution in [2.45, 2.75) is 46.1 Å². The third-order valence-electron chi connectivity index (χ3n) is 5.69. The smallest absolute Gasteiger partial charge is 0.258 e. The second-order valence-electron chi connectivity index (χ2n) is 7.85. The predicted octanol–water partition coefficient (Wildman–Crippen LogP) is 6.21. The number of aromatic nitrogens is 4. The molecule has 0 bridgehead atoms. The van der Waals surface area contributed by atoms with E-state index in [1.165, 1.54) is 12.8 Å². The van der Waals surface area contributed by atoms with Crippen LogP contribution in [0.2, 0.25) is 5.02 Å². The molecule has 0 fully saturated rings. The minimum absolute atomic E-state index is 0.216. The maximum absolute atomic E-state index is 12.8. The number of nitrogens with zero attached hydrogens (tertiary/aromatic N) is 4. The molecule has 7 nitrogen and oxygen atoms in total. The summed E-state index contributed by atoms with van der Waals surface area (Å²) in [6, 6.07) is 14.8. The number of carbonyl (C=O) groups is 1. The van der Waals surface area contributed by atoms with Gasteiger partial charge in [0.25, 0.3) is 5.91 Å². The van der Waals surface area contributed by atoms with E-state index in [0.29, 0.717) is 28.0 Å². The highest BCUT2D eigenvalue weighted by molar-refractivity contribution is 6.34. The number of benzene rings is 2. The van der Waals surface area contributed by atoms with E-state index >= 15 is 0 Å². The molecule has 0 aliphatic heterocycles. The number of nitrogens with one attached hydrogen (secondary N) is 1. The lowest BCUT2D eigenvalue weighted by Crippen LogP contribution is -2.15. The molecule has 0 radical (unpaired) electrons. The topological polar surface area (TPSA) is 85.8 Å². The van der Waals surface area contributed by atoms with Crippen LogP contribution in [0.5, 0.6) is 0 Å². The van der Waals surface area contributed by atoms with Gasteiger partial charge in [-0.15, -0.1) is 0 Å². The summed E-state index contributed by atoms with van der Waals surface area (Å²) in [5, 5.41) is 11.2. The van der Waals surface area contributed by atoms with Gasteiger partial charge in [0.05, 0.1) is 21.6 Å². The van der Waals surface area contributed by atoms with Gasteiger partial charge in [-0.3, -0.25) is 4.79 Å². The highest BCUT2D eigenvalue weighted by Crippen LogP contribution is 2.30. The maximum atomic E-state index is 12.8. The summed E-state index contributed by atoms with van der Waals surface area (Å²) in [5.74, 6) is 0.960. The Labute approximate surface area is 191 Å². The Bertz CT molecular complexity index is 1220. The molecule has 166 valence electrons. The number of amides is 1. The van der Waals surface area contributed by atoms with Gasteiger partial charge in [0.1, 0.15) is 0 Å². The van der Waals surface area contributed by atoms with Crippen molar-refractivity contribution in [2.24, 2.45) is 5.92 Å². The number of para-hydroxylation sites is 2. The standard InChI is InChI=1S/C24H26ClN5O2/c1-3-5-10-16(4-2)15-30-20-14-9-8-13-19(20)26-23(30)21-22(29-32-28-21)27-24(31)17-11-6-7-12-18(17)25/h6-9,11-14,16H,3-5,10,15H2,1-2H3,(H,27,29,31). The highest BCUT2D eigenvalue weighted by Gasteiger charge is 2.24. The summed E-state index contributed by atoms with van der Waals surface area (Å²) in [4.78, 5) is 17.6. The number of rotatable bonds is 9. The van der Waals surface area contributed by atoms with Gasteiger partial charge in [0, 0.05) is 6.54 Å². The molecule has 4 rings (SSSR count). The molecule has 0 saturated carbocycles. The third-order valence-corrected chi connectivity index (χ3v) is 6.02. The molecule has 0 spiro atoms. The second-order valence-corrected chi connectivity index (χ2v) is 8.25. The number of imidazole rings is 1. The molecule has 1 N–H and O–H groups in total. The molecule has 1 atom stereocenters. The largest absolute Gasteiger partial charge is 0.322 e. The molecule has 1 unspecified atom stereocenters. The summed E-state index contributed by atoms with van der Waals surface area (Å²) < 4.78 is 7.17. The number of unbranched alkanes of at least 4 members (excludes halogenated alkanes) is 1. The van der Waals surface area contributed by atoms with E-state index in [2.05, 4.69) is 34.0 Å². The Morgan fingerprint density at radius 2 is 1.91 bits per heavy atom. The van der Waals surface area contributed by atoms with Crippen LogP contribution in [0, 0.1) is 5.92 Å². The fourth-order valence-electron chi connectivity index (χ4n) is 3.85. The Morgan fingerprint density at radius 1 is 1.12 bits per heavy atom. The van der Waals surface area contributed by atoms with Crippen LogP contribution in [0.15, 0.2) is 53.2 Å². The summed E-state index contributed by atoms with van der Waals surface area (Å²) in [6.45, 7) is 5.23. The van der Waals surface area contributed by atoms with Crippen LogP contribution >= 0.6 is 11.6 Å². The first-order valence-corrected chi connectivity index (χ1v) is 11.3. The Kier molecular flexibility index (Phi) is 6.85. The van der Waals surface area contributed by atoms with Crippen molar-refractivity contribution in [1.82, 2.24) is 19.9 Å². The minimum Gasteiger partial charge on any atom is -0.322 e. The number of halogens is 1. The minimum atomic E-state index is -0.385. The SMILES string of the molecule is CCCCC(CC)Cn1c(-c2nonc2NC(=O)c2ccccc2Cl)nc2ccccc21. The normalized spacial score (nSPS) is 12.2. The number of hydrogen-bond donors (Lipinski definition) is 1. The van der Waals surface area contributed by atoms with Crippen LogP contribution < -0.4 is 5.32 Å². The van der Waals surface area contributed by atoms with Gasteiger partial charge in [-0.1, -0.05) is 69.0 Å². The van der Waals surface area contributed by atoms with Crippen LogP contribution in [0.25, 0.3) is 22.6 Å². The third kappa shape index (κ3) is 4.53. The monoisotopic (exact) mass is 451 g/mol. The first-order valence-electron chi connectivity index (χ1n) is 11.0. The molecule has 2 heterocycles. The lowest BCUT2D eigenvalue weighted by Gasteiger charge is -2.17. The Hall–Kier alpha value is -3.19. The lowest BCUT2D eigenvalue weighted by molar-refractivity contribution is 0.102. The van der Waals surface area contributed by atoms with Crippen LogP contribution in [0.3, 0.4) is 0 Å². The zero-order valence-electron chi connectivity index (χ0n) is 18.2. The van der Waals surface area contributed by atoms with Crippen molar-refractivity contribution in [3.05, 3.63) is 59.1 Å². The van der Waals surface area contributed by atoms with Crippen LogP contribution in [-0.2, 0) is 6.54 Å². The average Bonchev–Trinajstić information content (AvgIpc) is 3.41. The lowest BCUT2D eigenvalue weighted by atomic mass is 9.99. The van der Waals surface area contributed by atoms with Crippen molar-refractivity contribution in [1.29, 1.82) is 0 Å². The van der Waals surface area contributed by atoms with Crippen LogP contribution in [0.4, 0.5) is 5.82 Å². The number of carbonyl (C=O) groups excluding carboxylic acids is 1. The number of fused-ring (bicyclic) bond motifs is 1. The zero-order chi connectivity index (χ0) is 22.5. The fraction of sp³-hybridized carbons (Fsp3) is 0.333. The highest BCUT2D eigenvalue weighted by atomic mass is 35.5.